The SMILES string of the molecule is C[Si](C)(C)CCOCn1nc(C#N)c2cc(OCc3c(F)ccc(N)c3F)cnc21. The quantitative estimate of drug-likeness (QED) is 0.328. The number of nitrogen functional groups attached to an aromatic ring is 1. The van der Waals surface area contributed by atoms with Gasteiger partial charge >= 0.3 is 0 Å². The zero-order valence-electron chi connectivity index (χ0n) is 17.1. The number of hydrogen-bond donors (Lipinski definition) is 1. The van der Waals surface area contributed by atoms with E-state index in [-0.39, 0.29) is 36.0 Å². The lowest BCUT2D eigenvalue weighted by atomic mass is 10.2. The summed E-state index contributed by atoms with van der Waals surface area (Å²) in [6, 6.07) is 6.83. The molecule has 0 aliphatic heterocycles. The van der Waals surface area contributed by atoms with Crippen molar-refractivity contribution in [2.75, 3.05) is 12.3 Å². The molecule has 158 valence electrons. The lowest BCUT2D eigenvalue weighted by molar-refractivity contribution is 0.0812. The zero-order chi connectivity index (χ0) is 21.9. The van der Waals surface area contributed by atoms with E-state index in [1.54, 1.807) is 6.07 Å². The molecule has 0 spiro atoms. The van der Waals surface area contributed by atoms with Crippen LogP contribution in [0, 0.1) is 23.0 Å². The molecule has 0 bridgehead atoms. The second-order valence-electron chi connectivity index (χ2n) is 8.07. The summed E-state index contributed by atoms with van der Waals surface area (Å²) in [5, 5.41) is 14.1. The molecular weight excluding hydrogens is 408 g/mol. The fraction of sp³-hybridized carbons (Fsp3) is 0.350. The molecule has 0 saturated heterocycles. The smallest absolute Gasteiger partial charge is 0.172 e. The van der Waals surface area contributed by atoms with Gasteiger partial charge in [0.05, 0.1) is 22.8 Å². The number of ether oxygens (including phenoxy) is 2. The van der Waals surface area contributed by atoms with Gasteiger partial charge in [0, 0.05) is 14.7 Å². The third-order valence-corrected chi connectivity index (χ3v) is 6.18. The highest BCUT2D eigenvalue weighted by Gasteiger charge is 2.16. The molecule has 0 unspecified atom stereocenters. The van der Waals surface area contributed by atoms with Crippen molar-refractivity contribution >= 4 is 24.8 Å². The number of fused-ring (bicyclic) bond motifs is 1. The van der Waals surface area contributed by atoms with Crippen LogP contribution in [-0.2, 0) is 18.1 Å². The lowest BCUT2D eigenvalue weighted by Crippen LogP contribution is -2.22. The molecule has 0 amide bonds. The van der Waals surface area contributed by atoms with Gasteiger partial charge in [0.2, 0.25) is 0 Å². The van der Waals surface area contributed by atoms with Gasteiger partial charge in [-0.15, -0.1) is 0 Å². The maximum absolute atomic E-state index is 14.0. The van der Waals surface area contributed by atoms with Gasteiger partial charge in [0.15, 0.2) is 17.2 Å². The first-order valence-corrected chi connectivity index (χ1v) is 13.1. The Morgan fingerprint density at radius 3 is 2.73 bits per heavy atom. The van der Waals surface area contributed by atoms with Crippen LogP contribution < -0.4 is 10.5 Å². The van der Waals surface area contributed by atoms with Crippen molar-refractivity contribution in [2.24, 2.45) is 0 Å². The Kier molecular flexibility index (Phi) is 6.33. The summed E-state index contributed by atoms with van der Waals surface area (Å²) in [6.45, 7) is 7.20. The van der Waals surface area contributed by atoms with Crippen molar-refractivity contribution in [3.8, 4) is 11.8 Å². The topological polar surface area (TPSA) is 99.0 Å². The molecule has 10 heteroatoms. The third kappa shape index (κ3) is 4.92. The first-order chi connectivity index (χ1) is 14.2. The number of pyridine rings is 1. The number of halogens is 2. The molecule has 0 saturated carbocycles. The van der Waals surface area contributed by atoms with Gasteiger partial charge in [-0.05, 0) is 24.2 Å². The van der Waals surface area contributed by atoms with Gasteiger partial charge < -0.3 is 15.2 Å². The number of nitrogens with two attached hydrogens (primary N) is 1. The number of hydrogen-bond acceptors (Lipinski definition) is 6. The van der Waals surface area contributed by atoms with Crippen molar-refractivity contribution in [1.29, 1.82) is 5.26 Å². The van der Waals surface area contributed by atoms with Crippen molar-refractivity contribution in [2.45, 2.75) is 39.0 Å². The predicted octanol–water partition coefficient (Wildman–Crippen LogP) is 4.05. The van der Waals surface area contributed by atoms with Crippen LogP contribution in [0.3, 0.4) is 0 Å². The van der Waals surface area contributed by atoms with Gasteiger partial charge in [0.25, 0.3) is 0 Å². The van der Waals surface area contributed by atoms with Crippen molar-refractivity contribution in [3.05, 3.63) is 47.3 Å². The number of benzene rings is 1. The molecule has 3 aromatic rings. The normalized spacial score (nSPS) is 11.6. The maximum Gasteiger partial charge on any atom is 0.172 e. The maximum atomic E-state index is 14.0. The number of aromatic nitrogens is 3. The second-order valence-corrected chi connectivity index (χ2v) is 13.7. The van der Waals surface area contributed by atoms with Crippen LogP contribution in [0.15, 0.2) is 24.4 Å². The summed E-state index contributed by atoms with van der Waals surface area (Å²) in [4.78, 5) is 4.29. The van der Waals surface area contributed by atoms with E-state index >= 15 is 0 Å². The molecule has 0 aliphatic carbocycles. The van der Waals surface area contributed by atoms with E-state index in [1.165, 1.54) is 10.9 Å². The minimum absolute atomic E-state index is 0.161. The molecule has 0 aliphatic rings. The van der Waals surface area contributed by atoms with E-state index in [0.717, 1.165) is 18.2 Å². The third-order valence-electron chi connectivity index (χ3n) is 4.48. The Morgan fingerprint density at radius 1 is 1.27 bits per heavy atom. The summed E-state index contributed by atoms with van der Waals surface area (Å²) in [5.41, 5.74) is 5.67. The summed E-state index contributed by atoms with van der Waals surface area (Å²) in [5.74, 6) is -1.36. The van der Waals surface area contributed by atoms with Crippen molar-refractivity contribution in [3.63, 3.8) is 0 Å². The van der Waals surface area contributed by atoms with Crippen LogP contribution in [0.2, 0.25) is 25.7 Å². The first-order valence-electron chi connectivity index (χ1n) is 9.39. The molecule has 0 fully saturated rings. The summed E-state index contributed by atoms with van der Waals surface area (Å²) in [6.07, 6.45) is 1.41. The van der Waals surface area contributed by atoms with Crippen LogP contribution in [-0.4, -0.2) is 29.4 Å². The molecule has 3 rings (SSSR count). The molecule has 7 nitrogen and oxygen atoms in total. The van der Waals surface area contributed by atoms with Gasteiger partial charge in [0.1, 0.15) is 31.0 Å². The average molecular weight is 432 g/mol. The molecule has 30 heavy (non-hydrogen) atoms. The lowest BCUT2D eigenvalue weighted by Gasteiger charge is -2.15. The highest BCUT2D eigenvalue weighted by Crippen LogP contribution is 2.24. The fourth-order valence-corrected chi connectivity index (χ4v) is 3.48. The van der Waals surface area contributed by atoms with Gasteiger partial charge in [-0.3, -0.25) is 0 Å². The van der Waals surface area contributed by atoms with Crippen LogP contribution >= 0.6 is 0 Å². The first kappa shape index (κ1) is 21.7. The van der Waals surface area contributed by atoms with Gasteiger partial charge in [-0.2, -0.15) is 10.4 Å². The number of nitriles is 1. The number of rotatable bonds is 8. The second kappa shape index (κ2) is 8.77. The Labute approximate surface area is 174 Å². The minimum atomic E-state index is -1.21. The Balaban J connectivity index is 1.76. The Hall–Kier alpha value is -3.03. The molecular formula is C20H23F2N5O2Si. The van der Waals surface area contributed by atoms with E-state index in [4.69, 9.17) is 15.2 Å². The van der Waals surface area contributed by atoms with Crippen LogP contribution in [0.1, 0.15) is 11.3 Å². The monoisotopic (exact) mass is 431 g/mol. The van der Waals surface area contributed by atoms with Gasteiger partial charge in [-0.1, -0.05) is 19.6 Å². The molecule has 2 heterocycles. The summed E-state index contributed by atoms with van der Waals surface area (Å²) < 4.78 is 40.6. The predicted molar refractivity (Wildman–Crippen MR) is 111 cm³/mol. The summed E-state index contributed by atoms with van der Waals surface area (Å²) >= 11 is 0. The zero-order valence-corrected chi connectivity index (χ0v) is 18.1. The average Bonchev–Trinajstić information content (AvgIpc) is 3.04. The highest BCUT2D eigenvalue weighted by molar-refractivity contribution is 6.76. The van der Waals surface area contributed by atoms with Crippen LogP contribution in [0.25, 0.3) is 11.0 Å². The van der Waals surface area contributed by atoms with Crippen molar-refractivity contribution < 1.29 is 18.3 Å². The number of nitrogens with zero attached hydrogens (tertiary/aromatic N) is 4. The van der Waals surface area contributed by atoms with E-state index in [9.17, 15) is 14.0 Å². The van der Waals surface area contributed by atoms with Crippen LogP contribution in [0.5, 0.6) is 5.75 Å². The Morgan fingerprint density at radius 2 is 2.03 bits per heavy atom. The summed E-state index contributed by atoms with van der Waals surface area (Å²) in [7, 11) is -1.21. The standard InChI is InChI=1S/C20H23F2N5O2Si/c1-30(2,3)7-6-28-12-27-20-14(18(9-23)26-27)8-13(10-25-20)29-11-15-16(21)4-5-17(24)19(15)22/h4-5,8,10H,6-7,11-12,24H2,1-3H3. The van der Waals surface area contributed by atoms with E-state index in [0.29, 0.717) is 17.6 Å². The Bertz CT molecular complexity index is 1110. The van der Waals surface area contributed by atoms with Crippen molar-refractivity contribution in [1.82, 2.24) is 14.8 Å². The molecule has 2 N–H and O–H groups in total. The fourth-order valence-electron chi connectivity index (χ4n) is 2.72. The largest absolute Gasteiger partial charge is 0.487 e. The molecule has 1 aromatic carbocycles. The van der Waals surface area contributed by atoms with E-state index in [2.05, 4.69) is 29.7 Å². The molecule has 0 radical (unpaired) electrons. The molecule has 0 atom stereocenters. The molecule has 2 aromatic heterocycles. The van der Waals surface area contributed by atoms with E-state index < -0.39 is 19.7 Å². The van der Waals surface area contributed by atoms with Gasteiger partial charge in [-0.25, -0.2) is 18.4 Å². The van der Waals surface area contributed by atoms with E-state index in [1.807, 2.05) is 6.07 Å². The van der Waals surface area contributed by atoms with Crippen LogP contribution in [0.4, 0.5) is 14.5 Å². The number of anilines is 1. The minimum Gasteiger partial charge on any atom is -0.487 e. The highest BCUT2D eigenvalue weighted by atomic mass is 28.3.